The summed E-state index contributed by atoms with van der Waals surface area (Å²) in [5, 5.41) is 8.60. The van der Waals surface area contributed by atoms with Gasteiger partial charge in [-0.3, -0.25) is 9.69 Å². The van der Waals surface area contributed by atoms with E-state index in [9.17, 15) is 4.79 Å². The molecule has 2 saturated heterocycles. The number of rotatable bonds is 6. The van der Waals surface area contributed by atoms with E-state index < -0.39 is 0 Å². The molecule has 1 aromatic carbocycles. The van der Waals surface area contributed by atoms with Crippen molar-refractivity contribution in [2.75, 3.05) is 38.2 Å². The Morgan fingerprint density at radius 3 is 2.40 bits per heavy atom. The molecule has 0 atom stereocenters. The van der Waals surface area contributed by atoms with Crippen LogP contribution in [0.15, 0.2) is 36.4 Å². The lowest BCUT2D eigenvalue weighted by molar-refractivity contribution is 0.0904. The number of nitrogens with one attached hydrogen (secondary N) is 1. The van der Waals surface area contributed by atoms with Crippen LogP contribution in [0.1, 0.15) is 54.6 Å². The first-order chi connectivity index (χ1) is 17.1. The second kappa shape index (κ2) is 10.6. The van der Waals surface area contributed by atoms with E-state index in [4.69, 9.17) is 9.72 Å². The van der Waals surface area contributed by atoms with Crippen LogP contribution < -0.4 is 15.0 Å². The molecule has 1 amide bonds. The van der Waals surface area contributed by atoms with E-state index in [0.29, 0.717) is 5.69 Å². The molecule has 0 saturated carbocycles. The maximum absolute atomic E-state index is 13.2. The molecule has 0 aliphatic carbocycles. The zero-order chi connectivity index (χ0) is 24.2. The van der Waals surface area contributed by atoms with Gasteiger partial charge in [-0.2, -0.15) is 5.10 Å². The summed E-state index contributed by atoms with van der Waals surface area (Å²) >= 11 is 0. The Labute approximate surface area is 207 Å². The number of hydrogen-bond donors (Lipinski definition) is 1. The third-order valence-corrected chi connectivity index (χ3v) is 7.31. The number of aromatic nitrogens is 3. The number of anilines is 1. The van der Waals surface area contributed by atoms with Gasteiger partial charge in [-0.05, 0) is 55.5 Å². The van der Waals surface area contributed by atoms with Gasteiger partial charge in [0.25, 0.3) is 5.91 Å². The monoisotopic (exact) mass is 476 g/mol. The molecular weight excluding hydrogens is 440 g/mol. The van der Waals surface area contributed by atoms with Crippen LogP contribution in [-0.2, 0) is 13.6 Å². The van der Waals surface area contributed by atoms with Crippen molar-refractivity contribution in [1.82, 2.24) is 25.0 Å². The Hall–Kier alpha value is -3.13. The molecule has 35 heavy (non-hydrogen) atoms. The Kier molecular flexibility index (Phi) is 7.18. The maximum atomic E-state index is 13.2. The summed E-state index contributed by atoms with van der Waals surface area (Å²) in [6.07, 6.45) is 6.85. The Morgan fingerprint density at radius 1 is 1.00 bits per heavy atom. The molecule has 5 rings (SSSR count). The van der Waals surface area contributed by atoms with E-state index in [2.05, 4.69) is 32.3 Å². The van der Waals surface area contributed by atoms with Gasteiger partial charge in [0.05, 0.1) is 12.5 Å². The van der Waals surface area contributed by atoms with E-state index in [1.807, 2.05) is 31.3 Å². The standard InChI is InChI=1S/C27H36N6O2/c1-31-26-23(11-12-24(29-26)33-15-5-3-4-6-16-33)25(30-31)27(34)28-21-13-17-32(18-14-21)19-20-7-9-22(35-2)10-8-20/h7-12,21H,3-6,13-19H2,1-2H3,(H,28,34). The van der Waals surface area contributed by atoms with E-state index in [-0.39, 0.29) is 11.9 Å². The van der Waals surface area contributed by atoms with Gasteiger partial charge in [-0.25, -0.2) is 9.67 Å². The lowest BCUT2D eigenvalue weighted by Gasteiger charge is -2.32. The van der Waals surface area contributed by atoms with Gasteiger partial charge in [0, 0.05) is 45.8 Å². The van der Waals surface area contributed by atoms with Crippen molar-refractivity contribution >= 4 is 22.8 Å². The lowest BCUT2D eigenvalue weighted by atomic mass is 10.0. The highest BCUT2D eigenvalue weighted by Crippen LogP contribution is 2.24. The SMILES string of the molecule is COc1ccc(CN2CCC(NC(=O)c3nn(C)c4nc(N5CCCCCC5)ccc34)CC2)cc1. The van der Waals surface area contributed by atoms with Gasteiger partial charge in [0.2, 0.25) is 0 Å². The largest absolute Gasteiger partial charge is 0.497 e. The molecule has 186 valence electrons. The van der Waals surface area contributed by atoms with Crippen molar-refractivity contribution in [3.05, 3.63) is 47.7 Å². The number of carbonyl (C=O) groups excluding carboxylic acids is 1. The Balaban J connectivity index is 1.19. The zero-order valence-electron chi connectivity index (χ0n) is 20.9. The van der Waals surface area contributed by atoms with Gasteiger partial charge >= 0.3 is 0 Å². The molecule has 2 aromatic heterocycles. The van der Waals surface area contributed by atoms with Gasteiger partial charge in [0.1, 0.15) is 11.6 Å². The minimum Gasteiger partial charge on any atom is -0.497 e. The third kappa shape index (κ3) is 5.42. The van der Waals surface area contributed by atoms with Crippen molar-refractivity contribution in [1.29, 1.82) is 0 Å². The van der Waals surface area contributed by atoms with Gasteiger partial charge in [0.15, 0.2) is 11.3 Å². The van der Waals surface area contributed by atoms with Crippen LogP contribution in [0, 0.1) is 0 Å². The van der Waals surface area contributed by atoms with E-state index in [1.165, 1.54) is 31.2 Å². The molecular formula is C27H36N6O2. The van der Waals surface area contributed by atoms with Crippen molar-refractivity contribution < 1.29 is 9.53 Å². The van der Waals surface area contributed by atoms with Crippen molar-refractivity contribution in [3.63, 3.8) is 0 Å². The fourth-order valence-electron chi connectivity index (χ4n) is 5.24. The fraction of sp³-hybridized carbons (Fsp3) is 0.519. The second-order valence-electron chi connectivity index (χ2n) is 9.79. The van der Waals surface area contributed by atoms with Gasteiger partial charge in [-0.15, -0.1) is 0 Å². The Bertz CT molecular complexity index is 1140. The number of hydrogen-bond acceptors (Lipinski definition) is 6. The average Bonchev–Trinajstić information content (AvgIpc) is 3.04. The number of amides is 1. The summed E-state index contributed by atoms with van der Waals surface area (Å²) in [6.45, 7) is 4.92. The third-order valence-electron chi connectivity index (χ3n) is 7.31. The number of benzene rings is 1. The molecule has 3 aromatic rings. The molecule has 2 fully saturated rings. The molecule has 0 unspecified atom stereocenters. The highest BCUT2D eigenvalue weighted by atomic mass is 16.5. The first-order valence-corrected chi connectivity index (χ1v) is 12.9. The normalized spacial score (nSPS) is 17.9. The lowest BCUT2D eigenvalue weighted by Crippen LogP contribution is -2.44. The fourth-order valence-corrected chi connectivity index (χ4v) is 5.24. The number of piperidine rings is 1. The summed E-state index contributed by atoms with van der Waals surface area (Å²) in [7, 11) is 3.56. The van der Waals surface area contributed by atoms with Crippen LogP contribution in [0.5, 0.6) is 5.75 Å². The molecule has 4 heterocycles. The molecule has 1 N–H and O–H groups in total. The average molecular weight is 477 g/mol. The van der Waals surface area contributed by atoms with Crippen molar-refractivity contribution in [2.24, 2.45) is 7.05 Å². The second-order valence-corrected chi connectivity index (χ2v) is 9.79. The topological polar surface area (TPSA) is 75.5 Å². The maximum Gasteiger partial charge on any atom is 0.272 e. The first-order valence-electron chi connectivity index (χ1n) is 12.9. The van der Waals surface area contributed by atoms with Crippen LogP contribution in [0.4, 0.5) is 5.82 Å². The molecule has 2 aliphatic heterocycles. The highest BCUT2D eigenvalue weighted by molar-refractivity contribution is 6.04. The summed E-state index contributed by atoms with van der Waals surface area (Å²) in [6, 6.07) is 12.5. The first kappa shape index (κ1) is 23.6. The molecule has 0 spiro atoms. The van der Waals surface area contributed by atoms with Gasteiger partial charge in [-0.1, -0.05) is 25.0 Å². The van der Waals surface area contributed by atoms with Crippen LogP contribution >= 0.6 is 0 Å². The van der Waals surface area contributed by atoms with Crippen molar-refractivity contribution in [3.8, 4) is 5.75 Å². The number of aryl methyl sites for hydroxylation is 1. The number of likely N-dealkylation sites (tertiary alicyclic amines) is 1. The minimum absolute atomic E-state index is 0.103. The van der Waals surface area contributed by atoms with Crippen LogP contribution in [-0.4, -0.2) is 64.9 Å². The summed E-state index contributed by atoms with van der Waals surface area (Å²) in [4.78, 5) is 22.8. The predicted octanol–water partition coefficient (Wildman–Crippen LogP) is 3.75. The number of nitrogens with zero attached hydrogens (tertiary/aromatic N) is 5. The smallest absolute Gasteiger partial charge is 0.272 e. The van der Waals surface area contributed by atoms with E-state index >= 15 is 0 Å². The summed E-state index contributed by atoms with van der Waals surface area (Å²) in [5.41, 5.74) is 2.52. The van der Waals surface area contributed by atoms with Crippen molar-refractivity contribution in [2.45, 2.75) is 51.1 Å². The Morgan fingerprint density at radius 2 is 1.71 bits per heavy atom. The summed E-state index contributed by atoms with van der Waals surface area (Å²) < 4.78 is 6.99. The number of methoxy groups -OCH3 is 1. The molecule has 8 nitrogen and oxygen atoms in total. The van der Waals surface area contributed by atoms with E-state index in [1.54, 1.807) is 11.8 Å². The van der Waals surface area contributed by atoms with Crippen LogP contribution in [0.3, 0.4) is 0 Å². The minimum atomic E-state index is -0.103. The van der Waals surface area contributed by atoms with E-state index in [0.717, 1.165) is 68.2 Å². The molecule has 0 radical (unpaired) electrons. The quantitative estimate of drug-likeness (QED) is 0.584. The molecule has 2 aliphatic rings. The van der Waals surface area contributed by atoms with Crippen LogP contribution in [0.25, 0.3) is 11.0 Å². The molecule has 8 heteroatoms. The number of ether oxygens (including phenoxy) is 1. The highest BCUT2D eigenvalue weighted by Gasteiger charge is 2.24. The predicted molar refractivity (Wildman–Crippen MR) is 138 cm³/mol. The number of fused-ring (bicyclic) bond motifs is 1. The number of pyridine rings is 1. The zero-order valence-corrected chi connectivity index (χ0v) is 20.9. The van der Waals surface area contributed by atoms with Gasteiger partial charge < -0.3 is 15.0 Å². The van der Waals surface area contributed by atoms with Crippen LogP contribution in [0.2, 0.25) is 0 Å². The summed E-state index contributed by atoms with van der Waals surface area (Å²) in [5.74, 6) is 1.76. The molecule has 0 bridgehead atoms. The number of carbonyl (C=O) groups is 1.